The molecule has 0 aliphatic rings. The summed E-state index contributed by atoms with van der Waals surface area (Å²) >= 11 is 1.48. The van der Waals surface area contributed by atoms with Crippen LogP contribution >= 0.6 is 11.3 Å². The van der Waals surface area contributed by atoms with Crippen molar-refractivity contribution in [2.24, 2.45) is 5.92 Å². The monoisotopic (exact) mass is 199 g/mol. The summed E-state index contributed by atoms with van der Waals surface area (Å²) in [5, 5.41) is 12.4. The Morgan fingerprint density at radius 3 is 2.69 bits per heavy atom. The molecule has 0 radical (unpaired) electrons. The lowest BCUT2D eigenvalue weighted by Crippen LogP contribution is -2.16. The zero-order valence-electron chi connectivity index (χ0n) is 7.94. The van der Waals surface area contributed by atoms with Gasteiger partial charge in [-0.2, -0.15) is 0 Å². The molecule has 0 fully saturated rings. The molecule has 3 nitrogen and oxygen atoms in total. The van der Waals surface area contributed by atoms with Crippen molar-refractivity contribution in [1.29, 1.82) is 0 Å². The van der Waals surface area contributed by atoms with E-state index in [2.05, 4.69) is 4.98 Å². The van der Waals surface area contributed by atoms with Gasteiger partial charge in [0.1, 0.15) is 11.9 Å². The zero-order valence-corrected chi connectivity index (χ0v) is 8.76. The number of hydrogen-bond donors (Lipinski definition) is 1. The summed E-state index contributed by atoms with van der Waals surface area (Å²) in [4.78, 5) is 15.1. The van der Waals surface area contributed by atoms with E-state index in [1.165, 1.54) is 18.3 Å². The van der Waals surface area contributed by atoms with Gasteiger partial charge in [0.15, 0.2) is 0 Å². The topological polar surface area (TPSA) is 50.2 Å². The molecule has 0 saturated carbocycles. The molecule has 0 bridgehead atoms. The molecule has 1 rings (SSSR count). The highest BCUT2D eigenvalue weighted by Gasteiger charge is 2.22. The SMILES string of the molecule is CC(=O)[C@@H](C)[C@H](O)c1csc(C)n1. The predicted molar refractivity (Wildman–Crippen MR) is 51.7 cm³/mol. The molecular weight excluding hydrogens is 186 g/mol. The molecule has 0 spiro atoms. The Balaban J connectivity index is 2.78. The molecule has 0 amide bonds. The average Bonchev–Trinajstić information content (AvgIpc) is 2.49. The lowest BCUT2D eigenvalue weighted by atomic mass is 9.99. The fraction of sp³-hybridized carbons (Fsp3) is 0.556. The van der Waals surface area contributed by atoms with E-state index in [0.29, 0.717) is 5.69 Å². The van der Waals surface area contributed by atoms with Crippen LogP contribution < -0.4 is 0 Å². The standard InChI is InChI=1S/C9H13NO2S/c1-5(6(2)11)9(12)8-4-13-7(3)10-8/h4-5,9,12H,1-3H3/t5-,9+/m1/s1. The molecule has 1 aromatic rings. The summed E-state index contributed by atoms with van der Waals surface area (Å²) < 4.78 is 0. The van der Waals surface area contributed by atoms with Crippen LogP contribution in [-0.4, -0.2) is 15.9 Å². The Bertz CT molecular complexity index is 308. The number of aliphatic hydroxyl groups is 1. The first-order valence-corrected chi connectivity index (χ1v) is 5.01. The number of Topliss-reactive ketones (excluding diaryl/α,β-unsaturated/α-hetero) is 1. The van der Waals surface area contributed by atoms with Crippen molar-refractivity contribution in [3.63, 3.8) is 0 Å². The van der Waals surface area contributed by atoms with Gasteiger partial charge in [-0.25, -0.2) is 4.98 Å². The van der Waals surface area contributed by atoms with E-state index in [1.807, 2.05) is 6.92 Å². The van der Waals surface area contributed by atoms with Crippen LogP contribution in [0.15, 0.2) is 5.38 Å². The van der Waals surface area contributed by atoms with E-state index < -0.39 is 6.10 Å². The van der Waals surface area contributed by atoms with E-state index >= 15 is 0 Å². The minimum Gasteiger partial charge on any atom is -0.386 e. The van der Waals surface area contributed by atoms with Gasteiger partial charge in [-0.15, -0.1) is 11.3 Å². The number of ketones is 1. The van der Waals surface area contributed by atoms with Crippen LogP contribution in [0.1, 0.15) is 30.7 Å². The van der Waals surface area contributed by atoms with Crippen molar-refractivity contribution in [2.45, 2.75) is 26.9 Å². The maximum Gasteiger partial charge on any atom is 0.135 e. The Kier molecular flexibility index (Phi) is 3.17. The number of nitrogens with zero attached hydrogens (tertiary/aromatic N) is 1. The fourth-order valence-electron chi connectivity index (χ4n) is 0.994. The quantitative estimate of drug-likeness (QED) is 0.806. The molecule has 0 aliphatic carbocycles. The summed E-state index contributed by atoms with van der Waals surface area (Å²) in [7, 11) is 0. The smallest absolute Gasteiger partial charge is 0.135 e. The molecule has 0 aliphatic heterocycles. The number of carbonyl (C=O) groups excluding carboxylic acids is 1. The van der Waals surface area contributed by atoms with Gasteiger partial charge in [0.2, 0.25) is 0 Å². The second kappa shape index (κ2) is 3.98. The third-order valence-corrected chi connectivity index (χ3v) is 2.85. The van der Waals surface area contributed by atoms with Crippen molar-refractivity contribution in [1.82, 2.24) is 4.98 Å². The number of aliphatic hydroxyl groups excluding tert-OH is 1. The van der Waals surface area contributed by atoms with Gasteiger partial charge in [0.25, 0.3) is 0 Å². The van der Waals surface area contributed by atoms with Crippen LogP contribution in [0.25, 0.3) is 0 Å². The van der Waals surface area contributed by atoms with E-state index in [4.69, 9.17) is 0 Å². The summed E-state index contributed by atoms with van der Waals surface area (Å²) in [5.41, 5.74) is 0.602. The third-order valence-electron chi connectivity index (χ3n) is 2.05. The van der Waals surface area contributed by atoms with Crippen LogP contribution in [0, 0.1) is 12.8 Å². The Morgan fingerprint density at radius 2 is 2.31 bits per heavy atom. The van der Waals surface area contributed by atoms with Crippen LogP contribution in [-0.2, 0) is 4.79 Å². The number of aromatic nitrogens is 1. The van der Waals surface area contributed by atoms with Gasteiger partial charge in [0.05, 0.1) is 10.7 Å². The molecular formula is C9H13NO2S. The van der Waals surface area contributed by atoms with Crippen molar-refractivity contribution < 1.29 is 9.90 Å². The molecule has 1 N–H and O–H groups in total. The van der Waals surface area contributed by atoms with Crippen LogP contribution in [0.2, 0.25) is 0 Å². The highest BCUT2D eigenvalue weighted by Crippen LogP contribution is 2.23. The minimum atomic E-state index is -0.762. The van der Waals surface area contributed by atoms with E-state index in [-0.39, 0.29) is 11.7 Å². The molecule has 0 saturated heterocycles. The van der Waals surface area contributed by atoms with Gasteiger partial charge in [-0.1, -0.05) is 6.92 Å². The fourth-order valence-corrected chi connectivity index (χ4v) is 1.64. The predicted octanol–water partition coefficient (Wildman–Crippen LogP) is 1.71. The highest BCUT2D eigenvalue weighted by atomic mass is 32.1. The Hall–Kier alpha value is -0.740. The lowest BCUT2D eigenvalue weighted by molar-refractivity contribution is -0.123. The summed E-state index contributed by atoms with van der Waals surface area (Å²) in [6, 6.07) is 0. The molecule has 1 heterocycles. The van der Waals surface area contributed by atoms with E-state index in [9.17, 15) is 9.90 Å². The van der Waals surface area contributed by atoms with Crippen LogP contribution in [0.4, 0.5) is 0 Å². The lowest BCUT2D eigenvalue weighted by Gasteiger charge is -2.13. The number of aryl methyl sites for hydroxylation is 1. The maximum absolute atomic E-state index is 11.0. The molecule has 13 heavy (non-hydrogen) atoms. The average molecular weight is 199 g/mol. The van der Waals surface area contributed by atoms with Crippen LogP contribution in [0.5, 0.6) is 0 Å². The third kappa shape index (κ3) is 2.35. The highest BCUT2D eigenvalue weighted by molar-refractivity contribution is 7.09. The summed E-state index contributed by atoms with van der Waals surface area (Å²) in [6.45, 7) is 5.06. The second-order valence-corrected chi connectivity index (χ2v) is 4.20. The van der Waals surface area contributed by atoms with Crippen molar-refractivity contribution in [3.05, 3.63) is 16.1 Å². The van der Waals surface area contributed by atoms with Crippen molar-refractivity contribution >= 4 is 17.1 Å². The van der Waals surface area contributed by atoms with E-state index in [0.717, 1.165) is 5.01 Å². The first-order valence-electron chi connectivity index (χ1n) is 4.13. The number of hydrogen-bond acceptors (Lipinski definition) is 4. The van der Waals surface area contributed by atoms with Gasteiger partial charge in [-0.3, -0.25) is 4.79 Å². The molecule has 0 unspecified atom stereocenters. The maximum atomic E-state index is 11.0. The molecule has 4 heteroatoms. The van der Waals surface area contributed by atoms with Crippen LogP contribution in [0.3, 0.4) is 0 Å². The zero-order chi connectivity index (χ0) is 10.0. The Morgan fingerprint density at radius 1 is 1.69 bits per heavy atom. The van der Waals surface area contributed by atoms with E-state index in [1.54, 1.807) is 12.3 Å². The van der Waals surface area contributed by atoms with Crippen molar-refractivity contribution in [3.8, 4) is 0 Å². The molecule has 2 atom stereocenters. The number of carbonyl (C=O) groups is 1. The second-order valence-electron chi connectivity index (χ2n) is 3.14. The first kappa shape index (κ1) is 10.3. The van der Waals surface area contributed by atoms with Gasteiger partial charge in [-0.05, 0) is 13.8 Å². The minimum absolute atomic E-state index is 0.0156. The normalized spacial score (nSPS) is 15.4. The Labute approximate surface area is 81.4 Å². The first-order chi connectivity index (χ1) is 6.02. The van der Waals surface area contributed by atoms with Gasteiger partial charge < -0.3 is 5.11 Å². The molecule has 1 aromatic heterocycles. The summed E-state index contributed by atoms with van der Waals surface area (Å²) in [5.74, 6) is -0.389. The molecule has 0 aromatic carbocycles. The number of thiazole rings is 1. The molecule has 72 valence electrons. The van der Waals surface area contributed by atoms with Gasteiger partial charge >= 0.3 is 0 Å². The van der Waals surface area contributed by atoms with Crippen molar-refractivity contribution in [2.75, 3.05) is 0 Å². The summed E-state index contributed by atoms with van der Waals surface area (Å²) in [6.07, 6.45) is -0.762. The van der Waals surface area contributed by atoms with Gasteiger partial charge in [0, 0.05) is 11.3 Å². The number of rotatable bonds is 3. The largest absolute Gasteiger partial charge is 0.386 e.